The summed E-state index contributed by atoms with van der Waals surface area (Å²) in [5.74, 6) is 2.49. The van der Waals surface area contributed by atoms with Gasteiger partial charge >= 0.3 is 6.09 Å². The maximum Gasteiger partial charge on any atom is 0.411 e. The molecule has 0 aliphatic carbocycles. The maximum atomic E-state index is 11.2. The van der Waals surface area contributed by atoms with Crippen molar-refractivity contribution in [1.29, 1.82) is 0 Å². The van der Waals surface area contributed by atoms with E-state index in [4.69, 9.17) is 0 Å². The predicted octanol–water partition coefficient (Wildman–Crippen LogP) is 3.50. The van der Waals surface area contributed by atoms with E-state index in [-0.39, 0.29) is 0 Å². The van der Waals surface area contributed by atoms with Crippen LogP contribution in [0.25, 0.3) is 0 Å². The third-order valence-corrected chi connectivity index (χ3v) is 4.49. The number of aromatic nitrogens is 2. The molecule has 3 rings (SSSR count). The van der Waals surface area contributed by atoms with Crippen LogP contribution in [0.4, 0.5) is 22.1 Å². The van der Waals surface area contributed by atoms with E-state index in [0.29, 0.717) is 18.2 Å². The highest BCUT2D eigenvalue weighted by Gasteiger charge is 2.17. The van der Waals surface area contributed by atoms with Crippen molar-refractivity contribution in [2.75, 3.05) is 35.7 Å². The summed E-state index contributed by atoms with van der Waals surface area (Å²) in [6.45, 7) is 5.02. The molecular formula is C19H25N5O2. The van der Waals surface area contributed by atoms with E-state index < -0.39 is 6.09 Å². The lowest BCUT2D eigenvalue weighted by Crippen LogP contribution is -2.34. The zero-order chi connectivity index (χ0) is 18.4. The van der Waals surface area contributed by atoms with Crippen LogP contribution in [-0.4, -0.2) is 36.3 Å². The van der Waals surface area contributed by atoms with Gasteiger partial charge in [0.05, 0.1) is 7.11 Å². The van der Waals surface area contributed by atoms with Crippen molar-refractivity contribution in [1.82, 2.24) is 9.97 Å². The van der Waals surface area contributed by atoms with Gasteiger partial charge < -0.3 is 15.0 Å². The Hall–Kier alpha value is -2.83. The minimum absolute atomic E-state index is 0.476. The SMILES string of the molecule is COC(=O)Nc1ccc(CNc2cc(N3CCCC(C)C3)ncn2)cc1. The molecule has 1 saturated heterocycles. The van der Waals surface area contributed by atoms with Gasteiger partial charge in [0.25, 0.3) is 0 Å². The molecule has 2 aromatic rings. The van der Waals surface area contributed by atoms with E-state index in [1.54, 1.807) is 6.33 Å². The Morgan fingerprint density at radius 3 is 2.85 bits per heavy atom. The number of benzene rings is 1. The number of methoxy groups -OCH3 is 1. The number of amides is 1. The summed E-state index contributed by atoms with van der Waals surface area (Å²) in [4.78, 5) is 22.3. The fraction of sp³-hybridized carbons (Fsp3) is 0.421. The third kappa shape index (κ3) is 4.84. The minimum atomic E-state index is -0.476. The molecule has 138 valence electrons. The number of anilines is 3. The second kappa shape index (κ2) is 8.51. The molecule has 0 bridgehead atoms. The van der Waals surface area contributed by atoms with Gasteiger partial charge in [-0.1, -0.05) is 19.1 Å². The van der Waals surface area contributed by atoms with Gasteiger partial charge in [0.1, 0.15) is 18.0 Å². The quantitative estimate of drug-likeness (QED) is 0.854. The first kappa shape index (κ1) is 18.0. The van der Waals surface area contributed by atoms with Gasteiger partial charge in [-0.05, 0) is 36.5 Å². The lowest BCUT2D eigenvalue weighted by atomic mass is 10.0. The van der Waals surface area contributed by atoms with Crippen LogP contribution in [0, 0.1) is 5.92 Å². The van der Waals surface area contributed by atoms with Crippen LogP contribution < -0.4 is 15.5 Å². The summed E-state index contributed by atoms with van der Waals surface area (Å²) in [7, 11) is 1.34. The third-order valence-electron chi connectivity index (χ3n) is 4.49. The molecule has 0 saturated carbocycles. The summed E-state index contributed by atoms with van der Waals surface area (Å²) in [5, 5.41) is 5.97. The molecule has 1 aliphatic heterocycles. The lowest BCUT2D eigenvalue weighted by Gasteiger charge is -2.31. The van der Waals surface area contributed by atoms with Gasteiger partial charge in [0, 0.05) is 31.4 Å². The largest absolute Gasteiger partial charge is 0.453 e. The Morgan fingerprint density at radius 1 is 1.31 bits per heavy atom. The average Bonchev–Trinajstić information content (AvgIpc) is 2.67. The highest BCUT2D eigenvalue weighted by molar-refractivity contribution is 5.84. The Kier molecular flexibility index (Phi) is 5.88. The summed E-state index contributed by atoms with van der Waals surface area (Å²) in [6, 6.07) is 9.59. The zero-order valence-electron chi connectivity index (χ0n) is 15.2. The first-order valence-corrected chi connectivity index (χ1v) is 8.89. The molecule has 2 heterocycles. The highest BCUT2D eigenvalue weighted by atomic mass is 16.5. The van der Waals surface area contributed by atoms with Gasteiger partial charge in [-0.2, -0.15) is 0 Å². The molecule has 0 spiro atoms. The Bertz CT molecular complexity index is 735. The molecule has 7 heteroatoms. The van der Waals surface area contributed by atoms with Crippen LogP contribution in [0.1, 0.15) is 25.3 Å². The van der Waals surface area contributed by atoms with Crippen LogP contribution in [0.15, 0.2) is 36.7 Å². The number of rotatable bonds is 5. The van der Waals surface area contributed by atoms with Crippen molar-refractivity contribution in [3.8, 4) is 0 Å². The Labute approximate surface area is 153 Å². The van der Waals surface area contributed by atoms with E-state index in [1.165, 1.54) is 20.0 Å². The molecule has 0 radical (unpaired) electrons. The predicted molar refractivity (Wildman–Crippen MR) is 102 cm³/mol. The molecule has 2 N–H and O–H groups in total. The average molecular weight is 355 g/mol. The van der Waals surface area contributed by atoms with Gasteiger partial charge in [-0.15, -0.1) is 0 Å². The van der Waals surface area contributed by atoms with Crippen LogP contribution in [0.2, 0.25) is 0 Å². The van der Waals surface area contributed by atoms with Crippen LogP contribution in [0.5, 0.6) is 0 Å². The number of carbonyl (C=O) groups excluding carboxylic acids is 1. The minimum Gasteiger partial charge on any atom is -0.453 e. The Morgan fingerprint density at radius 2 is 2.12 bits per heavy atom. The summed E-state index contributed by atoms with van der Waals surface area (Å²) in [5.41, 5.74) is 1.79. The molecule has 1 aromatic heterocycles. The van der Waals surface area contributed by atoms with E-state index >= 15 is 0 Å². The van der Waals surface area contributed by atoms with Crippen molar-refractivity contribution >= 4 is 23.4 Å². The zero-order valence-corrected chi connectivity index (χ0v) is 15.2. The van der Waals surface area contributed by atoms with E-state index in [1.807, 2.05) is 30.3 Å². The fourth-order valence-corrected chi connectivity index (χ4v) is 3.08. The normalized spacial score (nSPS) is 16.8. The number of carbonyl (C=O) groups is 1. The van der Waals surface area contributed by atoms with Gasteiger partial charge in [0.15, 0.2) is 0 Å². The number of hydrogen-bond donors (Lipinski definition) is 2. The summed E-state index contributed by atoms with van der Waals surface area (Å²) in [6.07, 6.45) is 3.63. The van der Waals surface area contributed by atoms with E-state index in [2.05, 4.69) is 37.2 Å². The second-order valence-electron chi connectivity index (χ2n) is 6.62. The maximum absolute atomic E-state index is 11.2. The van der Waals surface area contributed by atoms with E-state index in [9.17, 15) is 4.79 Å². The van der Waals surface area contributed by atoms with Crippen LogP contribution >= 0.6 is 0 Å². The molecular weight excluding hydrogens is 330 g/mol. The number of ether oxygens (including phenoxy) is 1. The van der Waals surface area contributed by atoms with Gasteiger partial charge in [0.2, 0.25) is 0 Å². The van der Waals surface area contributed by atoms with Crippen molar-refractivity contribution < 1.29 is 9.53 Å². The van der Waals surface area contributed by atoms with Gasteiger partial charge in [-0.3, -0.25) is 5.32 Å². The van der Waals surface area contributed by atoms with Gasteiger partial charge in [-0.25, -0.2) is 14.8 Å². The molecule has 1 aliphatic rings. The smallest absolute Gasteiger partial charge is 0.411 e. The first-order chi connectivity index (χ1) is 12.6. The standard InChI is InChI=1S/C19H25N5O2/c1-14-4-3-9-24(12-14)18-10-17(21-13-22-18)20-11-15-5-7-16(8-6-15)23-19(25)26-2/h5-8,10,13-14H,3-4,9,11-12H2,1-2H3,(H,23,25)(H,20,21,22). The van der Waals surface area contributed by atoms with E-state index in [0.717, 1.165) is 30.3 Å². The topological polar surface area (TPSA) is 79.4 Å². The lowest BCUT2D eigenvalue weighted by molar-refractivity contribution is 0.187. The van der Waals surface area contributed by atoms with Crippen molar-refractivity contribution in [2.45, 2.75) is 26.3 Å². The monoisotopic (exact) mass is 355 g/mol. The number of piperidine rings is 1. The van der Waals surface area contributed by atoms with Crippen LogP contribution in [0.3, 0.4) is 0 Å². The summed E-state index contributed by atoms with van der Waals surface area (Å²) < 4.78 is 4.58. The fourth-order valence-electron chi connectivity index (χ4n) is 3.08. The molecule has 1 atom stereocenters. The summed E-state index contributed by atoms with van der Waals surface area (Å²) >= 11 is 0. The first-order valence-electron chi connectivity index (χ1n) is 8.89. The highest BCUT2D eigenvalue weighted by Crippen LogP contribution is 2.22. The number of nitrogens with zero attached hydrogens (tertiary/aromatic N) is 3. The Balaban J connectivity index is 1.57. The molecule has 1 aromatic carbocycles. The number of nitrogens with one attached hydrogen (secondary N) is 2. The molecule has 1 fully saturated rings. The van der Waals surface area contributed by atoms with Crippen molar-refractivity contribution in [3.05, 3.63) is 42.2 Å². The van der Waals surface area contributed by atoms with Crippen molar-refractivity contribution in [3.63, 3.8) is 0 Å². The van der Waals surface area contributed by atoms with Crippen LogP contribution in [-0.2, 0) is 11.3 Å². The molecule has 1 amide bonds. The molecule has 7 nitrogen and oxygen atoms in total. The molecule has 1 unspecified atom stereocenters. The number of hydrogen-bond acceptors (Lipinski definition) is 6. The second-order valence-corrected chi connectivity index (χ2v) is 6.62. The van der Waals surface area contributed by atoms with Crippen molar-refractivity contribution in [2.24, 2.45) is 5.92 Å². The molecule has 26 heavy (non-hydrogen) atoms.